The molecule has 2 aromatic heterocycles. The molecule has 0 saturated carbocycles. The van der Waals surface area contributed by atoms with E-state index in [1.54, 1.807) is 23.0 Å². The Balaban J connectivity index is 1.42. The van der Waals surface area contributed by atoms with Crippen molar-refractivity contribution in [3.8, 4) is 16.9 Å². The van der Waals surface area contributed by atoms with E-state index in [0.29, 0.717) is 29.5 Å². The van der Waals surface area contributed by atoms with Crippen molar-refractivity contribution < 1.29 is 19.4 Å². The molecule has 0 radical (unpaired) electrons. The molecule has 39 heavy (non-hydrogen) atoms. The number of ether oxygens (including phenoxy) is 2. The van der Waals surface area contributed by atoms with Gasteiger partial charge >= 0.3 is 5.97 Å². The summed E-state index contributed by atoms with van der Waals surface area (Å²) in [5.74, 6) is -1.27. The molecule has 1 atom stereocenters. The summed E-state index contributed by atoms with van der Waals surface area (Å²) in [4.78, 5) is 33.8. The maximum atomic E-state index is 12.8. The molecule has 0 bridgehead atoms. The van der Waals surface area contributed by atoms with Crippen LogP contribution in [0.3, 0.4) is 0 Å². The molecule has 0 unspecified atom stereocenters. The number of benzene rings is 2. The van der Waals surface area contributed by atoms with E-state index in [1.165, 1.54) is 12.3 Å². The van der Waals surface area contributed by atoms with Crippen LogP contribution in [0.2, 0.25) is 5.02 Å². The molecule has 202 valence electrons. The van der Waals surface area contributed by atoms with Crippen LogP contribution in [-0.2, 0) is 9.47 Å². The summed E-state index contributed by atoms with van der Waals surface area (Å²) in [7, 11) is 1.71. The Bertz CT molecular complexity index is 1610. The fraction of sp³-hybridized carbons (Fsp3) is 0.321. The van der Waals surface area contributed by atoms with Crippen LogP contribution in [-0.4, -0.2) is 73.2 Å². The first-order valence-corrected chi connectivity index (χ1v) is 13.9. The van der Waals surface area contributed by atoms with Crippen molar-refractivity contribution in [2.24, 2.45) is 0 Å². The lowest BCUT2D eigenvalue weighted by atomic mass is 10.1. The maximum absolute atomic E-state index is 12.8. The van der Waals surface area contributed by atoms with E-state index in [4.69, 9.17) is 26.1 Å². The molecule has 4 heterocycles. The van der Waals surface area contributed by atoms with Gasteiger partial charge in [0.25, 0.3) is 0 Å². The van der Waals surface area contributed by atoms with Crippen LogP contribution in [0.25, 0.3) is 27.2 Å². The number of fused-ring (bicyclic) bond motifs is 1. The maximum Gasteiger partial charge on any atom is 0.341 e. The van der Waals surface area contributed by atoms with Crippen LogP contribution in [0.4, 0.5) is 10.8 Å². The second-order valence-corrected chi connectivity index (χ2v) is 11.0. The highest BCUT2D eigenvalue weighted by Crippen LogP contribution is 2.35. The van der Waals surface area contributed by atoms with Gasteiger partial charge in [-0.1, -0.05) is 29.0 Å². The molecule has 11 heteroatoms. The molecule has 2 fully saturated rings. The normalized spacial score (nSPS) is 17.7. The Morgan fingerprint density at radius 1 is 1.13 bits per heavy atom. The van der Waals surface area contributed by atoms with Crippen molar-refractivity contribution in [3.63, 3.8) is 0 Å². The van der Waals surface area contributed by atoms with Crippen molar-refractivity contribution >= 4 is 49.9 Å². The number of aromatic nitrogens is 2. The third-order valence-electron chi connectivity index (χ3n) is 7.26. The largest absolute Gasteiger partial charge is 0.477 e. The fourth-order valence-electron chi connectivity index (χ4n) is 5.13. The lowest BCUT2D eigenvalue weighted by molar-refractivity contribution is 0.0695. The molecular weight excluding hydrogens is 540 g/mol. The fourth-order valence-corrected chi connectivity index (χ4v) is 6.48. The number of hydrogen-bond acceptors (Lipinski definition) is 8. The van der Waals surface area contributed by atoms with E-state index < -0.39 is 11.4 Å². The topological polar surface area (TPSA) is 97.1 Å². The van der Waals surface area contributed by atoms with Gasteiger partial charge in [-0.2, -0.15) is 0 Å². The van der Waals surface area contributed by atoms with E-state index >= 15 is 0 Å². The molecule has 2 aliphatic heterocycles. The standard InChI is InChI=1S/C28H27ClN4O5S/c1-37-19-6-7-32(15-19)23-5-2-17(12-21(23)29)24-14-25(34)20(27(35)36)16-33(24)18-3-4-22-26(13-18)39-28(30-22)31-8-10-38-11-9-31/h2-5,12-14,16,19H,6-11,15H2,1H3,(H,35,36)/t19-/m1/s1. The van der Waals surface area contributed by atoms with Gasteiger partial charge in [0.15, 0.2) is 10.6 Å². The van der Waals surface area contributed by atoms with Gasteiger partial charge in [-0.15, -0.1) is 0 Å². The van der Waals surface area contributed by atoms with Gasteiger partial charge in [0.2, 0.25) is 0 Å². The minimum absolute atomic E-state index is 0.167. The van der Waals surface area contributed by atoms with Crippen molar-refractivity contribution in [2.75, 3.05) is 56.3 Å². The summed E-state index contributed by atoms with van der Waals surface area (Å²) in [5.41, 5.74) is 2.87. The minimum atomic E-state index is -1.27. The molecule has 2 aliphatic rings. The quantitative estimate of drug-likeness (QED) is 0.364. The highest BCUT2D eigenvalue weighted by Gasteiger charge is 2.24. The van der Waals surface area contributed by atoms with Crippen LogP contribution < -0.4 is 15.2 Å². The zero-order chi connectivity index (χ0) is 27.1. The second-order valence-electron chi connectivity index (χ2n) is 9.62. The molecule has 4 aromatic rings. The van der Waals surface area contributed by atoms with Crippen molar-refractivity contribution in [1.29, 1.82) is 0 Å². The first-order chi connectivity index (χ1) is 18.9. The van der Waals surface area contributed by atoms with Crippen LogP contribution in [0.1, 0.15) is 16.8 Å². The number of carboxylic acid groups (broad SMARTS) is 1. The third kappa shape index (κ3) is 5.00. The number of carbonyl (C=O) groups is 1. The van der Waals surface area contributed by atoms with Crippen LogP contribution in [0, 0.1) is 0 Å². The lowest BCUT2D eigenvalue weighted by Gasteiger charge is -2.25. The Labute approximate surface area is 233 Å². The van der Waals surface area contributed by atoms with Gasteiger partial charge in [-0.3, -0.25) is 4.79 Å². The van der Waals surface area contributed by atoms with E-state index in [2.05, 4.69) is 9.80 Å². The Morgan fingerprint density at radius 2 is 1.95 bits per heavy atom. The predicted octanol–water partition coefficient (Wildman–Crippen LogP) is 4.53. The number of morpholine rings is 1. The van der Waals surface area contributed by atoms with Crippen LogP contribution in [0.15, 0.2) is 53.5 Å². The van der Waals surface area contributed by atoms with Gasteiger partial charge < -0.3 is 28.9 Å². The van der Waals surface area contributed by atoms with Crippen LogP contribution in [0.5, 0.6) is 0 Å². The summed E-state index contributed by atoms with van der Waals surface area (Å²) >= 11 is 8.32. The summed E-state index contributed by atoms with van der Waals surface area (Å²) in [6, 6.07) is 12.8. The molecule has 9 nitrogen and oxygen atoms in total. The Kier molecular flexibility index (Phi) is 7.03. The Hall–Kier alpha value is -3.44. The molecular formula is C28H27ClN4O5S. The molecule has 2 saturated heterocycles. The number of anilines is 2. The van der Waals surface area contributed by atoms with Gasteiger partial charge in [0.1, 0.15) is 5.56 Å². The van der Waals surface area contributed by atoms with Crippen molar-refractivity contribution in [3.05, 3.63) is 69.5 Å². The van der Waals surface area contributed by atoms with Crippen molar-refractivity contribution in [2.45, 2.75) is 12.5 Å². The minimum Gasteiger partial charge on any atom is -0.477 e. The number of halogens is 1. The first kappa shape index (κ1) is 25.8. The number of thiazole rings is 1. The summed E-state index contributed by atoms with van der Waals surface area (Å²) < 4.78 is 13.7. The summed E-state index contributed by atoms with van der Waals surface area (Å²) in [6.45, 7) is 4.53. The number of hydrogen-bond donors (Lipinski definition) is 1. The van der Waals surface area contributed by atoms with E-state index in [9.17, 15) is 14.7 Å². The highest BCUT2D eigenvalue weighted by molar-refractivity contribution is 7.22. The highest BCUT2D eigenvalue weighted by atomic mass is 35.5. The van der Waals surface area contributed by atoms with Gasteiger partial charge in [0, 0.05) is 56.8 Å². The van der Waals surface area contributed by atoms with E-state index in [1.807, 2.05) is 36.4 Å². The molecule has 1 N–H and O–H groups in total. The van der Waals surface area contributed by atoms with E-state index in [-0.39, 0.29) is 11.7 Å². The van der Waals surface area contributed by atoms with Crippen LogP contribution >= 0.6 is 22.9 Å². The zero-order valence-electron chi connectivity index (χ0n) is 21.3. The van der Waals surface area contributed by atoms with Gasteiger partial charge in [0.05, 0.1) is 45.9 Å². The van der Waals surface area contributed by atoms with Crippen molar-refractivity contribution in [1.82, 2.24) is 9.55 Å². The van der Waals surface area contributed by atoms with E-state index in [0.717, 1.165) is 59.3 Å². The number of pyridine rings is 1. The number of nitrogens with zero attached hydrogens (tertiary/aromatic N) is 4. The lowest BCUT2D eigenvalue weighted by Crippen LogP contribution is -2.36. The SMILES string of the molecule is CO[C@@H]1CCN(c2ccc(-c3cc(=O)c(C(=O)O)cn3-c3ccc4nc(N5CCOCC5)sc4c3)cc2Cl)C1. The average Bonchev–Trinajstić information content (AvgIpc) is 3.60. The zero-order valence-corrected chi connectivity index (χ0v) is 22.9. The number of carboxylic acids is 1. The monoisotopic (exact) mass is 566 g/mol. The molecule has 0 amide bonds. The molecule has 0 spiro atoms. The summed E-state index contributed by atoms with van der Waals surface area (Å²) in [6.07, 6.45) is 2.48. The number of methoxy groups -OCH3 is 1. The molecule has 0 aliphatic carbocycles. The molecule has 6 rings (SSSR count). The predicted molar refractivity (Wildman–Crippen MR) is 153 cm³/mol. The summed E-state index contributed by atoms with van der Waals surface area (Å²) in [5, 5.41) is 11.2. The van der Waals surface area contributed by atoms with Gasteiger partial charge in [-0.05, 0) is 36.8 Å². The number of aromatic carboxylic acids is 1. The number of rotatable bonds is 6. The van der Waals surface area contributed by atoms with Gasteiger partial charge in [-0.25, -0.2) is 9.78 Å². The second kappa shape index (κ2) is 10.6. The first-order valence-electron chi connectivity index (χ1n) is 12.7. The smallest absolute Gasteiger partial charge is 0.341 e. The third-order valence-corrected chi connectivity index (χ3v) is 8.65. The Morgan fingerprint density at radius 3 is 2.67 bits per heavy atom. The average molecular weight is 567 g/mol. The molecule has 2 aromatic carbocycles.